The van der Waals surface area contributed by atoms with Crippen molar-refractivity contribution in [2.24, 2.45) is 0 Å². The van der Waals surface area contributed by atoms with E-state index in [1.807, 2.05) is 0 Å². The molecule has 0 aliphatic carbocycles. The predicted molar refractivity (Wildman–Crippen MR) is 105 cm³/mol. The number of nitrogens with zero attached hydrogens (tertiary/aromatic N) is 1. The second-order valence-electron chi connectivity index (χ2n) is 6.25. The minimum Gasteiger partial charge on any atom is -0.491 e. The zero-order chi connectivity index (χ0) is 19.9. The molecule has 1 aromatic heterocycles. The first kappa shape index (κ1) is 22.7. The van der Waals surface area contributed by atoms with Gasteiger partial charge in [-0.3, -0.25) is 14.6 Å². The minimum absolute atomic E-state index is 0.106. The van der Waals surface area contributed by atoms with E-state index in [-0.39, 0.29) is 11.8 Å². The zero-order valence-electron chi connectivity index (χ0n) is 16.7. The second-order valence-corrected chi connectivity index (χ2v) is 6.25. The molecule has 1 aromatic rings. The summed E-state index contributed by atoms with van der Waals surface area (Å²) in [4.78, 5) is 27.2. The molecule has 150 valence electrons. The third-order valence-electron chi connectivity index (χ3n) is 4.05. The molecule has 0 spiro atoms. The lowest BCUT2D eigenvalue weighted by Crippen LogP contribution is -2.02. The van der Waals surface area contributed by atoms with Gasteiger partial charge in [-0.25, -0.2) is 0 Å². The van der Waals surface area contributed by atoms with E-state index in [4.69, 9.17) is 9.47 Å². The molecule has 6 nitrogen and oxygen atoms in total. The minimum atomic E-state index is -0.188. The number of hydrogen-bond donors (Lipinski definition) is 0. The number of pyridine rings is 1. The van der Waals surface area contributed by atoms with Crippen LogP contribution < -0.4 is 9.47 Å². The van der Waals surface area contributed by atoms with Gasteiger partial charge in [-0.1, -0.05) is 19.8 Å². The van der Waals surface area contributed by atoms with E-state index in [1.165, 1.54) is 7.11 Å². The molecule has 0 bridgehead atoms. The van der Waals surface area contributed by atoms with Gasteiger partial charge in [-0.15, -0.1) is 0 Å². The summed E-state index contributed by atoms with van der Waals surface area (Å²) in [6.45, 7) is 2.63. The van der Waals surface area contributed by atoms with Crippen molar-refractivity contribution in [2.75, 3.05) is 20.8 Å². The molecule has 1 rings (SSSR count). The van der Waals surface area contributed by atoms with E-state index in [1.54, 1.807) is 31.5 Å². The number of hydrogen-bond acceptors (Lipinski definition) is 6. The van der Waals surface area contributed by atoms with Crippen LogP contribution in [0.15, 0.2) is 18.3 Å². The molecular formula is C21H31NO5. The highest BCUT2D eigenvalue weighted by Crippen LogP contribution is 2.27. The van der Waals surface area contributed by atoms with Gasteiger partial charge in [0.25, 0.3) is 0 Å². The maximum atomic E-state index is 11.8. The Bertz CT molecular complexity index is 613. The summed E-state index contributed by atoms with van der Waals surface area (Å²) < 4.78 is 15.7. The average molecular weight is 377 g/mol. The van der Waals surface area contributed by atoms with E-state index in [0.717, 1.165) is 38.5 Å². The molecule has 0 N–H and O–H groups in total. The fraction of sp³-hybridized carbons (Fsp3) is 0.571. The number of carbonyl (C=O) groups excluding carboxylic acids is 2. The predicted octanol–water partition coefficient (Wildman–Crippen LogP) is 4.37. The standard InChI is InChI=1S/C21H31NO5/c1-4-5-7-10-18(23)13-12-17-15-19(20(25-2)16-22-17)27-14-9-6-8-11-21(24)26-3/h12-13,15-16H,4-11,14H2,1-3H3. The lowest BCUT2D eigenvalue weighted by atomic mass is 10.1. The van der Waals surface area contributed by atoms with Gasteiger partial charge in [0.2, 0.25) is 0 Å². The van der Waals surface area contributed by atoms with Gasteiger partial charge in [0, 0.05) is 18.9 Å². The van der Waals surface area contributed by atoms with Gasteiger partial charge in [-0.2, -0.15) is 0 Å². The van der Waals surface area contributed by atoms with Gasteiger partial charge in [0.15, 0.2) is 17.3 Å². The van der Waals surface area contributed by atoms with Crippen molar-refractivity contribution in [3.63, 3.8) is 0 Å². The number of ether oxygens (including phenoxy) is 3. The quantitative estimate of drug-likeness (QED) is 0.272. The molecule has 0 fully saturated rings. The van der Waals surface area contributed by atoms with Crippen molar-refractivity contribution in [2.45, 2.75) is 58.3 Å². The van der Waals surface area contributed by atoms with E-state index >= 15 is 0 Å². The Labute approximate surface area is 161 Å². The fourth-order valence-electron chi connectivity index (χ4n) is 2.44. The third-order valence-corrected chi connectivity index (χ3v) is 4.05. The SMILES string of the molecule is CCCCCC(=O)C=Cc1cc(OCCCCCC(=O)OC)c(OC)cn1. The molecule has 0 saturated carbocycles. The smallest absolute Gasteiger partial charge is 0.305 e. The molecule has 0 aromatic carbocycles. The number of carbonyl (C=O) groups is 2. The highest BCUT2D eigenvalue weighted by atomic mass is 16.5. The van der Waals surface area contributed by atoms with Crippen LogP contribution in [0.4, 0.5) is 0 Å². The van der Waals surface area contributed by atoms with E-state index in [0.29, 0.717) is 36.6 Å². The number of aromatic nitrogens is 1. The Kier molecular flexibility index (Phi) is 11.6. The summed E-state index contributed by atoms with van der Waals surface area (Å²) in [7, 11) is 2.96. The first-order chi connectivity index (χ1) is 13.1. The fourth-order valence-corrected chi connectivity index (χ4v) is 2.44. The van der Waals surface area contributed by atoms with Crippen LogP contribution >= 0.6 is 0 Å². The van der Waals surface area contributed by atoms with Crippen LogP contribution in [0.1, 0.15) is 64.0 Å². The van der Waals surface area contributed by atoms with Crippen LogP contribution in [-0.4, -0.2) is 37.6 Å². The van der Waals surface area contributed by atoms with Gasteiger partial charge >= 0.3 is 5.97 Å². The Hall–Kier alpha value is -2.37. The largest absolute Gasteiger partial charge is 0.491 e. The van der Waals surface area contributed by atoms with E-state index in [2.05, 4.69) is 16.6 Å². The molecule has 0 amide bonds. The number of methoxy groups -OCH3 is 2. The Balaban J connectivity index is 2.50. The summed E-state index contributed by atoms with van der Waals surface area (Å²) in [5.74, 6) is 1.07. The van der Waals surface area contributed by atoms with Crippen molar-refractivity contribution in [1.29, 1.82) is 0 Å². The van der Waals surface area contributed by atoms with E-state index < -0.39 is 0 Å². The topological polar surface area (TPSA) is 74.7 Å². The first-order valence-electron chi connectivity index (χ1n) is 9.55. The van der Waals surface area contributed by atoms with Crippen LogP contribution in [0.2, 0.25) is 0 Å². The van der Waals surface area contributed by atoms with Gasteiger partial charge < -0.3 is 14.2 Å². The number of rotatable bonds is 14. The molecule has 0 saturated heterocycles. The van der Waals surface area contributed by atoms with Crippen molar-refractivity contribution in [1.82, 2.24) is 4.98 Å². The lowest BCUT2D eigenvalue weighted by Gasteiger charge is -2.11. The maximum absolute atomic E-state index is 11.8. The molecule has 6 heteroatoms. The maximum Gasteiger partial charge on any atom is 0.305 e. The molecular weight excluding hydrogens is 346 g/mol. The van der Waals surface area contributed by atoms with Crippen LogP contribution in [0.3, 0.4) is 0 Å². The molecule has 0 aliphatic rings. The first-order valence-corrected chi connectivity index (χ1v) is 9.55. The summed E-state index contributed by atoms with van der Waals surface area (Å²) in [5, 5.41) is 0. The summed E-state index contributed by atoms with van der Waals surface area (Å²) in [6.07, 6.45) is 11.4. The molecule has 0 radical (unpaired) electrons. The molecule has 1 heterocycles. The summed E-state index contributed by atoms with van der Waals surface area (Å²) in [5.41, 5.74) is 0.653. The number of unbranched alkanes of at least 4 members (excludes halogenated alkanes) is 4. The monoisotopic (exact) mass is 377 g/mol. The Morgan fingerprint density at radius 2 is 1.81 bits per heavy atom. The van der Waals surface area contributed by atoms with Crippen LogP contribution in [0.25, 0.3) is 6.08 Å². The van der Waals surface area contributed by atoms with Crippen molar-refractivity contribution in [3.05, 3.63) is 24.0 Å². The van der Waals surface area contributed by atoms with Crippen molar-refractivity contribution < 1.29 is 23.8 Å². The van der Waals surface area contributed by atoms with Gasteiger partial charge in [-0.05, 0) is 37.8 Å². The zero-order valence-corrected chi connectivity index (χ0v) is 16.7. The van der Waals surface area contributed by atoms with Crippen LogP contribution in [0, 0.1) is 0 Å². The Morgan fingerprint density at radius 1 is 1.04 bits per heavy atom. The molecule has 0 aliphatic heterocycles. The Morgan fingerprint density at radius 3 is 2.52 bits per heavy atom. The van der Waals surface area contributed by atoms with Gasteiger partial charge in [0.1, 0.15) is 0 Å². The van der Waals surface area contributed by atoms with Crippen molar-refractivity contribution >= 4 is 17.8 Å². The number of esters is 1. The number of ketones is 1. The molecule has 0 unspecified atom stereocenters. The van der Waals surface area contributed by atoms with Crippen LogP contribution in [-0.2, 0) is 14.3 Å². The highest BCUT2D eigenvalue weighted by Gasteiger charge is 2.07. The van der Waals surface area contributed by atoms with Gasteiger partial charge in [0.05, 0.1) is 32.7 Å². The lowest BCUT2D eigenvalue weighted by molar-refractivity contribution is -0.140. The summed E-state index contributed by atoms with van der Waals surface area (Å²) >= 11 is 0. The summed E-state index contributed by atoms with van der Waals surface area (Å²) in [6, 6.07) is 1.77. The van der Waals surface area contributed by atoms with Crippen LogP contribution in [0.5, 0.6) is 11.5 Å². The number of allylic oxidation sites excluding steroid dienone is 1. The molecule has 27 heavy (non-hydrogen) atoms. The third kappa shape index (κ3) is 9.78. The normalized spacial score (nSPS) is 10.8. The highest BCUT2D eigenvalue weighted by molar-refractivity contribution is 5.93. The van der Waals surface area contributed by atoms with E-state index in [9.17, 15) is 9.59 Å². The van der Waals surface area contributed by atoms with Crippen molar-refractivity contribution in [3.8, 4) is 11.5 Å². The molecule has 0 atom stereocenters. The second kappa shape index (κ2) is 13.8. The average Bonchev–Trinajstić information content (AvgIpc) is 2.69.